The molecule has 0 saturated heterocycles. The molecule has 0 radical (unpaired) electrons. The Labute approximate surface area is 145 Å². The van der Waals surface area contributed by atoms with Crippen LogP contribution in [0.15, 0.2) is 18.2 Å². The zero-order valence-electron chi connectivity index (χ0n) is 16.4. The number of anilines is 3. The largest absolute Gasteiger partial charge is 0.288 e. The molecule has 0 bridgehead atoms. The summed E-state index contributed by atoms with van der Waals surface area (Å²) in [5.41, 5.74) is -0.121. The van der Waals surface area contributed by atoms with Gasteiger partial charge in [-0.25, -0.2) is 0 Å². The second-order valence-electron chi connectivity index (χ2n) is 9.16. The van der Waals surface area contributed by atoms with Gasteiger partial charge >= 0.3 is 0 Å². The molecule has 0 aliphatic rings. The van der Waals surface area contributed by atoms with Crippen molar-refractivity contribution in [1.29, 1.82) is 0 Å². The molecule has 0 fully saturated rings. The molecule has 6 heteroatoms. The van der Waals surface area contributed by atoms with Crippen molar-refractivity contribution in [2.24, 2.45) is 0 Å². The molecule has 0 unspecified atom stereocenters. The number of nitrogens with zero attached hydrogens (tertiary/aromatic N) is 3. The van der Waals surface area contributed by atoms with Crippen molar-refractivity contribution in [3.8, 4) is 0 Å². The molecule has 6 nitrogen and oxygen atoms in total. The SMILES string of the molecule is CC(C)(C)N(O)c1cc(N(O)C(C)(C)C)cc(N(O)C(C)(C)C)c1. The Balaban J connectivity index is 3.51. The highest BCUT2D eigenvalue weighted by Gasteiger charge is 2.27. The number of rotatable bonds is 3. The maximum Gasteiger partial charge on any atom is 0.0683 e. The fourth-order valence-corrected chi connectivity index (χ4v) is 2.11. The highest BCUT2D eigenvalue weighted by atomic mass is 16.5. The Kier molecular flexibility index (Phi) is 5.50. The molecular formula is C18H33N3O3. The minimum absolute atomic E-state index is 0.488. The second kappa shape index (κ2) is 6.43. The van der Waals surface area contributed by atoms with Crippen molar-refractivity contribution in [2.45, 2.75) is 78.9 Å². The molecule has 0 atom stereocenters. The molecule has 1 aromatic carbocycles. The van der Waals surface area contributed by atoms with Gasteiger partial charge in [-0.1, -0.05) is 0 Å². The van der Waals surface area contributed by atoms with Crippen LogP contribution < -0.4 is 15.2 Å². The average molecular weight is 339 g/mol. The van der Waals surface area contributed by atoms with Gasteiger partial charge in [-0.05, 0) is 80.5 Å². The Morgan fingerprint density at radius 2 is 0.667 bits per heavy atom. The predicted molar refractivity (Wildman–Crippen MR) is 98.5 cm³/mol. The average Bonchev–Trinajstić information content (AvgIpc) is 2.41. The first-order valence-corrected chi connectivity index (χ1v) is 8.17. The molecule has 0 aliphatic carbocycles. The Bertz CT molecular complexity index is 475. The molecule has 0 spiro atoms. The van der Waals surface area contributed by atoms with Gasteiger partial charge < -0.3 is 0 Å². The molecule has 0 aromatic heterocycles. The number of hydrogen-bond acceptors (Lipinski definition) is 6. The van der Waals surface area contributed by atoms with Crippen LogP contribution in [0.5, 0.6) is 0 Å². The maximum atomic E-state index is 10.5. The molecule has 0 heterocycles. The summed E-state index contributed by atoms with van der Waals surface area (Å²) in [6, 6.07) is 5.07. The topological polar surface area (TPSA) is 70.4 Å². The van der Waals surface area contributed by atoms with E-state index in [0.29, 0.717) is 17.1 Å². The van der Waals surface area contributed by atoms with E-state index in [2.05, 4.69) is 0 Å². The maximum absolute atomic E-state index is 10.5. The molecule has 1 rings (SSSR count). The summed E-state index contributed by atoms with van der Waals surface area (Å²) in [4.78, 5) is 0. The summed E-state index contributed by atoms with van der Waals surface area (Å²) >= 11 is 0. The van der Waals surface area contributed by atoms with Gasteiger partial charge in [-0.2, -0.15) is 0 Å². The summed E-state index contributed by atoms with van der Waals surface area (Å²) in [5, 5.41) is 34.9. The van der Waals surface area contributed by atoms with Crippen LogP contribution >= 0.6 is 0 Å². The third-order valence-electron chi connectivity index (χ3n) is 3.53. The van der Waals surface area contributed by atoms with Crippen molar-refractivity contribution in [3.63, 3.8) is 0 Å². The van der Waals surface area contributed by atoms with E-state index in [9.17, 15) is 15.6 Å². The first-order chi connectivity index (χ1) is 10.5. The van der Waals surface area contributed by atoms with Gasteiger partial charge in [-0.15, -0.1) is 0 Å². The summed E-state index contributed by atoms with van der Waals surface area (Å²) in [7, 11) is 0. The normalized spacial score (nSPS) is 13.0. The highest BCUT2D eigenvalue weighted by molar-refractivity contribution is 5.69. The van der Waals surface area contributed by atoms with Crippen LogP contribution in [0.25, 0.3) is 0 Å². The summed E-state index contributed by atoms with van der Waals surface area (Å²) < 4.78 is 0. The van der Waals surface area contributed by atoms with Gasteiger partial charge in [0.15, 0.2) is 0 Å². The van der Waals surface area contributed by atoms with E-state index >= 15 is 0 Å². The monoisotopic (exact) mass is 339 g/mol. The Hall–Kier alpha value is -1.50. The molecule has 0 amide bonds. The van der Waals surface area contributed by atoms with Crippen LogP contribution in [-0.4, -0.2) is 32.2 Å². The van der Waals surface area contributed by atoms with E-state index in [4.69, 9.17) is 0 Å². The first-order valence-electron chi connectivity index (χ1n) is 8.17. The van der Waals surface area contributed by atoms with Crippen LogP contribution in [-0.2, 0) is 0 Å². The van der Waals surface area contributed by atoms with Crippen molar-refractivity contribution >= 4 is 17.1 Å². The number of hydrogen-bond donors (Lipinski definition) is 3. The van der Waals surface area contributed by atoms with Gasteiger partial charge in [0, 0.05) is 0 Å². The predicted octanol–water partition coefficient (Wildman–Crippen LogP) is 4.67. The lowest BCUT2D eigenvalue weighted by molar-refractivity contribution is 0.173. The minimum atomic E-state index is -0.528. The first kappa shape index (κ1) is 20.5. The summed E-state index contributed by atoms with van der Waals surface area (Å²) in [6.45, 7) is 16.9. The molecule has 0 aliphatic heterocycles. The van der Waals surface area contributed by atoms with Gasteiger partial charge in [0.2, 0.25) is 0 Å². The third-order valence-corrected chi connectivity index (χ3v) is 3.53. The van der Waals surface area contributed by atoms with E-state index in [1.165, 1.54) is 0 Å². The molecule has 138 valence electrons. The van der Waals surface area contributed by atoms with Crippen molar-refractivity contribution < 1.29 is 15.6 Å². The zero-order valence-corrected chi connectivity index (χ0v) is 16.4. The van der Waals surface area contributed by atoms with Crippen LogP contribution in [0.4, 0.5) is 17.1 Å². The summed E-state index contributed by atoms with van der Waals surface area (Å²) in [5.74, 6) is 0. The quantitative estimate of drug-likeness (QED) is 0.695. The van der Waals surface area contributed by atoms with Gasteiger partial charge in [0.05, 0.1) is 33.7 Å². The molecule has 24 heavy (non-hydrogen) atoms. The second-order valence-corrected chi connectivity index (χ2v) is 9.16. The highest BCUT2D eigenvalue weighted by Crippen LogP contribution is 2.35. The van der Waals surface area contributed by atoms with E-state index in [0.717, 1.165) is 15.2 Å². The van der Waals surface area contributed by atoms with Crippen LogP contribution in [0.3, 0.4) is 0 Å². The lowest BCUT2D eigenvalue weighted by Crippen LogP contribution is -2.42. The fraction of sp³-hybridized carbons (Fsp3) is 0.667. The summed E-state index contributed by atoms with van der Waals surface area (Å²) in [6.07, 6.45) is 0. The smallest absolute Gasteiger partial charge is 0.0683 e. The van der Waals surface area contributed by atoms with Gasteiger partial charge in [0.25, 0.3) is 0 Å². The van der Waals surface area contributed by atoms with Crippen LogP contribution in [0, 0.1) is 0 Å². The Morgan fingerprint density at radius 3 is 0.792 bits per heavy atom. The zero-order chi connectivity index (χ0) is 19.1. The van der Waals surface area contributed by atoms with Crippen molar-refractivity contribution in [2.75, 3.05) is 15.2 Å². The van der Waals surface area contributed by atoms with Crippen molar-refractivity contribution in [3.05, 3.63) is 18.2 Å². The third kappa shape index (κ3) is 4.75. The van der Waals surface area contributed by atoms with E-state index in [1.807, 2.05) is 62.3 Å². The fourth-order valence-electron chi connectivity index (χ4n) is 2.11. The molecule has 3 N–H and O–H groups in total. The molecule has 1 aromatic rings. The van der Waals surface area contributed by atoms with Gasteiger partial charge in [0.1, 0.15) is 0 Å². The Morgan fingerprint density at radius 1 is 0.500 bits per heavy atom. The van der Waals surface area contributed by atoms with Crippen molar-refractivity contribution in [1.82, 2.24) is 0 Å². The standard InChI is InChI=1S/C18H33N3O3/c1-16(2,3)19(22)13-10-14(20(23)17(4,5)6)12-15(11-13)21(24)18(7,8)9/h10-12,22-24H,1-9H3. The van der Waals surface area contributed by atoms with Crippen LogP contribution in [0.2, 0.25) is 0 Å². The van der Waals surface area contributed by atoms with E-state index in [-0.39, 0.29) is 0 Å². The lowest BCUT2D eigenvalue weighted by Gasteiger charge is -2.37. The lowest BCUT2D eigenvalue weighted by atomic mass is 10.0. The van der Waals surface area contributed by atoms with E-state index in [1.54, 1.807) is 18.2 Å². The van der Waals surface area contributed by atoms with E-state index < -0.39 is 16.6 Å². The number of hydroxylamine groups is 3. The van der Waals surface area contributed by atoms with Crippen LogP contribution in [0.1, 0.15) is 62.3 Å². The minimum Gasteiger partial charge on any atom is -0.288 e. The van der Waals surface area contributed by atoms with Gasteiger partial charge in [-0.3, -0.25) is 30.8 Å². The molecular weight excluding hydrogens is 306 g/mol. The number of benzene rings is 1. The molecule has 0 saturated carbocycles.